The Morgan fingerprint density at radius 1 is 0.889 bits per heavy atom. The van der Waals surface area contributed by atoms with Gasteiger partial charge in [0.1, 0.15) is 0 Å². The number of epoxide rings is 1. The van der Waals surface area contributed by atoms with Crippen LogP contribution in [0, 0.1) is 0 Å². The smallest absolute Gasteiger partial charge is 0.377 e. The molecule has 18 heavy (non-hydrogen) atoms. The highest BCUT2D eigenvalue weighted by molar-refractivity contribution is 6.60. The number of unbranched alkanes of at least 4 members (excludes halogenated alkanes) is 3. The zero-order chi connectivity index (χ0) is 13.4. The highest BCUT2D eigenvalue weighted by Crippen LogP contribution is 2.29. The van der Waals surface area contributed by atoms with Crippen LogP contribution in [0.2, 0.25) is 6.04 Å². The van der Waals surface area contributed by atoms with Gasteiger partial charge >= 0.3 is 8.80 Å². The maximum absolute atomic E-state index is 5.53. The summed E-state index contributed by atoms with van der Waals surface area (Å²) >= 11 is 0. The van der Waals surface area contributed by atoms with Gasteiger partial charge in [-0.2, -0.15) is 0 Å². The van der Waals surface area contributed by atoms with Gasteiger partial charge < -0.3 is 18.0 Å². The maximum Gasteiger partial charge on any atom is 0.500 e. The molecule has 1 fully saturated rings. The predicted molar refractivity (Wildman–Crippen MR) is 73.6 cm³/mol. The SMILES string of the molecule is CCC1OC1CCCCCC[Si](OC)(OC)OC. The summed E-state index contributed by atoms with van der Waals surface area (Å²) < 4.78 is 21.7. The van der Waals surface area contributed by atoms with Gasteiger partial charge in [0, 0.05) is 27.4 Å². The third-order valence-electron chi connectivity index (χ3n) is 3.74. The summed E-state index contributed by atoms with van der Waals surface area (Å²) in [4.78, 5) is 0. The number of ether oxygens (including phenoxy) is 1. The van der Waals surface area contributed by atoms with Crippen LogP contribution < -0.4 is 0 Å². The van der Waals surface area contributed by atoms with Crippen molar-refractivity contribution in [1.29, 1.82) is 0 Å². The lowest BCUT2D eigenvalue weighted by Crippen LogP contribution is -2.42. The first-order chi connectivity index (χ1) is 8.71. The fourth-order valence-corrected chi connectivity index (χ4v) is 4.18. The summed E-state index contributed by atoms with van der Waals surface area (Å²) in [6.45, 7) is 2.19. The second-order valence-electron chi connectivity index (χ2n) is 4.87. The van der Waals surface area contributed by atoms with E-state index in [1.807, 2.05) is 0 Å². The highest BCUT2D eigenvalue weighted by Gasteiger charge is 2.37. The van der Waals surface area contributed by atoms with E-state index >= 15 is 0 Å². The Morgan fingerprint density at radius 3 is 2.00 bits per heavy atom. The van der Waals surface area contributed by atoms with Gasteiger partial charge in [-0.3, -0.25) is 0 Å². The fourth-order valence-electron chi connectivity index (χ4n) is 2.39. The van der Waals surface area contributed by atoms with Gasteiger partial charge in [0.05, 0.1) is 12.2 Å². The van der Waals surface area contributed by atoms with E-state index in [9.17, 15) is 0 Å². The summed E-state index contributed by atoms with van der Waals surface area (Å²) in [5.41, 5.74) is 0. The first-order valence-electron chi connectivity index (χ1n) is 7.02. The fraction of sp³-hybridized carbons (Fsp3) is 1.00. The van der Waals surface area contributed by atoms with Gasteiger partial charge in [-0.1, -0.05) is 26.2 Å². The van der Waals surface area contributed by atoms with E-state index in [2.05, 4.69) is 6.92 Å². The summed E-state index contributed by atoms with van der Waals surface area (Å²) in [5.74, 6) is 0. The normalized spacial score (nSPS) is 23.3. The van der Waals surface area contributed by atoms with E-state index in [0.29, 0.717) is 12.2 Å². The first-order valence-corrected chi connectivity index (χ1v) is 8.95. The molecule has 0 N–H and O–H groups in total. The van der Waals surface area contributed by atoms with Crippen LogP contribution in [-0.4, -0.2) is 42.3 Å². The van der Waals surface area contributed by atoms with E-state index in [0.717, 1.165) is 18.9 Å². The van der Waals surface area contributed by atoms with Gasteiger partial charge in [0.2, 0.25) is 0 Å². The molecule has 1 rings (SSSR count). The van der Waals surface area contributed by atoms with Crippen LogP contribution in [0.3, 0.4) is 0 Å². The van der Waals surface area contributed by atoms with E-state index in [4.69, 9.17) is 18.0 Å². The van der Waals surface area contributed by atoms with Crippen molar-refractivity contribution in [1.82, 2.24) is 0 Å². The molecule has 0 aliphatic carbocycles. The minimum Gasteiger partial charge on any atom is -0.377 e. The van der Waals surface area contributed by atoms with Crippen LogP contribution in [0.5, 0.6) is 0 Å². The molecule has 0 aromatic heterocycles. The molecule has 1 aliphatic heterocycles. The van der Waals surface area contributed by atoms with Crippen molar-refractivity contribution in [2.24, 2.45) is 0 Å². The topological polar surface area (TPSA) is 40.2 Å². The molecule has 2 unspecified atom stereocenters. The molecule has 1 saturated heterocycles. The van der Waals surface area contributed by atoms with Crippen molar-refractivity contribution in [3.05, 3.63) is 0 Å². The lowest BCUT2D eigenvalue weighted by atomic mass is 10.1. The van der Waals surface area contributed by atoms with E-state index in [-0.39, 0.29) is 0 Å². The molecule has 5 heteroatoms. The minimum atomic E-state index is -2.33. The van der Waals surface area contributed by atoms with E-state index in [1.54, 1.807) is 21.3 Å². The van der Waals surface area contributed by atoms with Crippen LogP contribution >= 0.6 is 0 Å². The molecular weight excluding hydrogens is 248 g/mol. The van der Waals surface area contributed by atoms with Crippen molar-refractivity contribution in [2.45, 2.75) is 63.7 Å². The number of rotatable bonds is 11. The van der Waals surface area contributed by atoms with Crippen molar-refractivity contribution in [2.75, 3.05) is 21.3 Å². The van der Waals surface area contributed by atoms with Gasteiger partial charge in [-0.15, -0.1) is 0 Å². The minimum absolute atomic E-state index is 0.556. The van der Waals surface area contributed by atoms with Crippen molar-refractivity contribution in [3.63, 3.8) is 0 Å². The quantitative estimate of drug-likeness (QED) is 0.330. The third kappa shape index (κ3) is 4.97. The van der Waals surface area contributed by atoms with Gasteiger partial charge in [-0.25, -0.2) is 0 Å². The van der Waals surface area contributed by atoms with Crippen molar-refractivity contribution >= 4 is 8.80 Å². The largest absolute Gasteiger partial charge is 0.500 e. The van der Waals surface area contributed by atoms with E-state index < -0.39 is 8.80 Å². The summed E-state index contributed by atoms with van der Waals surface area (Å²) in [5, 5.41) is 0. The Labute approximate surface area is 112 Å². The van der Waals surface area contributed by atoms with Crippen LogP contribution in [0.25, 0.3) is 0 Å². The molecule has 4 nitrogen and oxygen atoms in total. The Hall–Kier alpha value is 0.0569. The van der Waals surface area contributed by atoms with Crippen LogP contribution in [0.15, 0.2) is 0 Å². The van der Waals surface area contributed by atoms with Crippen LogP contribution in [0.1, 0.15) is 45.4 Å². The molecule has 0 aromatic carbocycles. The molecule has 0 spiro atoms. The monoisotopic (exact) mass is 276 g/mol. The molecule has 0 aromatic rings. The molecule has 0 radical (unpaired) electrons. The third-order valence-corrected chi connectivity index (χ3v) is 6.58. The molecule has 108 valence electrons. The molecule has 0 saturated carbocycles. The predicted octanol–water partition coefficient (Wildman–Crippen LogP) is 2.99. The Bertz CT molecular complexity index is 213. The highest BCUT2D eigenvalue weighted by atomic mass is 28.4. The molecule has 1 aliphatic rings. The molecule has 1 heterocycles. The van der Waals surface area contributed by atoms with Crippen molar-refractivity contribution < 1.29 is 18.0 Å². The summed E-state index contributed by atoms with van der Waals surface area (Å²) in [7, 11) is 2.70. The molecule has 0 bridgehead atoms. The number of hydrogen-bond donors (Lipinski definition) is 0. The second-order valence-corrected chi connectivity index (χ2v) is 7.96. The lowest BCUT2D eigenvalue weighted by Gasteiger charge is -2.24. The zero-order valence-electron chi connectivity index (χ0n) is 12.2. The van der Waals surface area contributed by atoms with Gasteiger partial charge in [0.15, 0.2) is 0 Å². The summed E-state index contributed by atoms with van der Waals surface area (Å²) in [6, 6.07) is 0.911. The summed E-state index contributed by atoms with van der Waals surface area (Å²) in [6.07, 6.45) is 8.36. The standard InChI is InChI=1S/C13H28O4Si/c1-5-12-13(17-12)10-8-6-7-9-11-18(14-2,15-3)16-4/h12-13H,5-11H2,1-4H3. The average molecular weight is 276 g/mol. The first kappa shape index (κ1) is 16.1. The zero-order valence-corrected chi connectivity index (χ0v) is 13.2. The van der Waals surface area contributed by atoms with Gasteiger partial charge in [0.25, 0.3) is 0 Å². The Balaban J connectivity index is 1.97. The maximum atomic E-state index is 5.53. The lowest BCUT2D eigenvalue weighted by molar-refractivity contribution is 0.122. The Morgan fingerprint density at radius 2 is 1.50 bits per heavy atom. The molecular formula is C13H28O4Si. The Kier molecular flexibility index (Phi) is 7.40. The average Bonchev–Trinajstić information content (AvgIpc) is 3.17. The number of hydrogen-bond acceptors (Lipinski definition) is 4. The molecule has 2 atom stereocenters. The van der Waals surface area contributed by atoms with Crippen molar-refractivity contribution in [3.8, 4) is 0 Å². The molecule has 0 amide bonds. The second kappa shape index (κ2) is 8.27. The van der Waals surface area contributed by atoms with Crippen LogP contribution in [-0.2, 0) is 18.0 Å². The van der Waals surface area contributed by atoms with E-state index in [1.165, 1.54) is 25.7 Å². The van der Waals surface area contributed by atoms with Crippen LogP contribution in [0.4, 0.5) is 0 Å². The van der Waals surface area contributed by atoms with Gasteiger partial charge in [-0.05, 0) is 19.3 Å².